The predicted octanol–water partition coefficient (Wildman–Crippen LogP) is 2.60. The first-order valence-electron chi connectivity index (χ1n) is 9.38. The minimum atomic E-state index is -4.32. The van der Waals surface area contributed by atoms with Crippen molar-refractivity contribution in [2.75, 3.05) is 18.4 Å². The number of anilines is 1. The number of aromatic amines is 1. The SMILES string of the molecule is CCc1cnc(N[C@H]2CCCNC2)nc1-c1c[nH]c2c(S(=O)(=O)O)cccc12. The summed E-state index contributed by atoms with van der Waals surface area (Å²) in [5.74, 6) is 0.557. The molecule has 0 amide bonds. The highest BCUT2D eigenvalue weighted by Crippen LogP contribution is 2.33. The van der Waals surface area contributed by atoms with E-state index in [1.807, 2.05) is 19.2 Å². The van der Waals surface area contributed by atoms with Crippen LogP contribution in [0.5, 0.6) is 0 Å². The van der Waals surface area contributed by atoms with Gasteiger partial charge in [-0.15, -0.1) is 0 Å². The Morgan fingerprint density at radius 3 is 2.93 bits per heavy atom. The van der Waals surface area contributed by atoms with Gasteiger partial charge >= 0.3 is 0 Å². The third-order valence-electron chi connectivity index (χ3n) is 5.09. The zero-order valence-corrected chi connectivity index (χ0v) is 16.4. The number of rotatable bonds is 5. The highest BCUT2D eigenvalue weighted by Gasteiger charge is 2.20. The standard InChI is InChI=1S/C19H23N5O3S/c1-2-12-9-22-19(23-13-5-4-8-20-10-13)24-17(12)15-11-21-18-14(15)6-3-7-16(18)28(25,26)27/h3,6-7,9,11,13,20-21H,2,4-5,8,10H2,1H3,(H,22,23,24)(H,25,26,27)/t13-/m0/s1. The van der Waals surface area contributed by atoms with E-state index in [0.29, 0.717) is 16.9 Å². The van der Waals surface area contributed by atoms with Crippen LogP contribution in [0, 0.1) is 0 Å². The molecule has 3 heterocycles. The van der Waals surface area contributed by atoms with Crippen molar-refractivity contribution in [2.24, 2.45) is 0 Å². The maximum Gasteiger partial charge on any atom is 0.296 e. The van der Waals surface area contributed by atoms with Crippen molar-refractivity contribution in [2.45, 2.75) is 37.1 Å². The van der Waals surface area contributed by atoms with Crippen LogP contribution in [-0.2, 0) is 16.5 Å². The molecule has 9 heteroatoms. The lowest BCUT2D eigenvalue weighted by Gasteiger charge is -2.24. The van der Waals surface area contributed by atoms with Crippen LogP contribution in [0.3, 0.4) is 0 Å². The number of H-pyrrole nitrogens is 1. The van der Waals surface area contributed by atoms with Crippen LogP contribution in [0.2, 0.25) is 0 Å². The second kappa shape index (κ2) is 7.50. The van der Waals surface area contributed by atoms with Crippen molar-refractivity contribution < 1.29 is 13.0 Å². The average molecular weight is 401 g/mol. The molecule has 0 radical (unpaired) electrons. The van der Waals surface area contributed by atoms with Crippen LogP contribution in [-0.4, -0.2) is 47.1 Å². The molecule has 3 aromatic rings. The van der Waals surface area contributed by atoms with Crippen LogP contribution in [0.1, 0.15) is 25.3 Å². The summed E-state index contributed by atoms with van der Waals surface area (Å²) in [5, 5.41) is 7.44. The molecule has 28 heavy (non-hydrogen) atoms. The van der Waals surface area contributed by atoms with Crippen LogP contribution in [0.4, 0.5) is 5.95 Å². The topological polar surface area (TPSA) is 120 Å². The summed E-state index contributed by atoms with van der Waals surface area (Å²) >= 11 is 0. The number of fused-ring (bicyclic) bond motifs is 1. The smallest absolute Gasteiger partial charge is 0.296 e. The van der Waals surface area contributed by atoms with Crippen molar-refractivity contribution in [3.63, 3.8) is 0 Å². The minimum Gasteiger partial charge on any atom is -0.359 e. The molecule has 0 bridgehead atoms. The molecule has 0 unspecified atom stereocenters. The van der Waals surface area contributed by atoms with Crippen molar-refractivity contribution >= 4 is 27.0 Å². The number of para-hydroxylation sites is 1. The second-order valence-electron chi connectivity index (χ2n) is 6.96. The van der Waals surface area contributed by atoms with E-state index in [1.165, 1.54) is 6.07 Å². The van der Waals surface area contributed by atoms with Gasteiger partial charge in [0.1, 0.15) is 4.90 Å². The monoisotopic (exact) mass is 401 g/mol. The summed E-state index contributed by atoms with van der Waals surface area (Å²) in [6.07, 6.45) is 6.45. The van der Waals surface area contributed by atoms with Gasteiger partial charge in [-0.25, -0.2) is 9.97 Å². The predicted molar refractivity (Wildman–Crippen MR) is 108 cm³/mol. The number of hydrogen-bond donors (Lipinski definition) is 4. The Kier molecular flexibility index (Phi) is 5.05. The zero-order chi connectivity index (χ0) is 19.7. The number of nitrogens with zero attached hydrogens (tertiary/aromatic N) is 2. The number of nitrogens with one attached hydrogen (secondary N) is 3. The summed E-state index contributed by atoms with van der Waals surface area (Å²) < 4.78 is 32.9. The molecule has 0 saturated carbocycles. The van der Waals surface area contributed by atoms with Gasteiger partial charge in [-0.3, -0.25) is 4.55 Å². The molecule has 1 aliphatic rings. The summed E-state index contributed by atoms with van der Waals surface area (Å²) in [6, 6.07) is 5.09. The summed E-state index contributed by atoms with van der Waals surface area (Å²) in [4.78, 5) is 12.0. The Labute approximate surface area is 163 Å². The molecule has 1 aliphatic heterocycles. The number of aryl methyl sites for hydroxylation is 1. The largest absolute Gasteiger partial charge is 0.359 e. The highest BCUT2D eigenvalue weighted by atomic mass is 32.2. The molecule has 148 valence electrons. The number of benzene rings is 1. The third-order valence-corrected chi connectivity index (χ3v) is 5.98. The van der Waals surface area contributed by atoms with E-state index in [9.17, 15) is 13.0 Å². The molecule has 1 atom stereocenters. The summed E-state index contributed by atoms with van der Waals surface area (Å²) in [5.41, 5.74) is 2.87. The summed E-state index contributed by atoms with van der Waals surface area (Å²) in [7, 11) is -4.32. The lowest BCUT2D eigenvalue weighted by molar-refractivity contribution is 0.478. The van der Waals surface area contributed by atoms with E-state index in [4.69, 9.17) is 4.98 Å². The van der Waals surface area contributed by atoms with Gasteiger partial charge in [0.25, 0.3) is 10.1 Å². The molecule has 1 fully saturated rings. The van der Waals surface area contributed by atoms with Gasteiger partial charge in [-0.1, -0.05) is 19.1 Å². The fourth-order valence-corrected chi connectivity index (χ4v) is 4.34. The van der Waals surface area contributed by atoms with Crippen molar-refractivity contribution in [3.05, 3.63) is 36.2 Å². The molecule has 4 N–H and O–H groups in total. The van der Waals surface area contributed by atoms with Gasteiger partial charge < -0.3 is 15.6 Å². The Bertz CT molecular complexity index is 1100. The van der Waals surface area contributed by atoms with Crippen LogP contribution >= 0.6 is 0 Å². The molecule has 4 rings (SSSR count). The van der Waals surface area contributed by atoms with E-state index in [0.717, 1.165) is 49.2 Å². The third kappa shape index (κ3) is 3.60. The van der Waals surface area contributed by atoms with Gasteiger partial charge in [-0.2, -0.15) is 8.42 Å². The van der Waals surface area contributed by atoms with Gasteiger partial charge in [-0.05, 0) is 37.4 Å². The lowest BCUT2D eigenvalue weighted by atomic mass is 10.0. The van der Waals surface area contributed by atoms with Crippen LogP contribution in [0.25, 0.3) is 22.2 Å². The average Bonchev–Trinajstić information content (AvgIpc) is 3.12. The Morgan fingerprint density at radius 1 is 1.36 bits per heavy atom. The first-order valence-corrected chi connectivity index (χ1v) is 10.8. The van der Waals surface area contributed by atoms with Gasteiger partial charge in [0.15, 0.2) is 0 Å². The van der Waals surface area contributed by atoms with E-state index < -0.39 is 10.1 Å². The molecule has 0 aliphatic carbocycles. The molecule has 2 aromatic heterocycles. The Morgan fingerprint density at radius 2 is 2.21 bits per heavy atom. The number of aromatic nitrogens is 3. The van der Waals surface area contributed by atoms with Crippen molar-refractivity contribution in [1.29, 1.82) is 0 Å². The first kappa shape index (κ1) is 18.9. The molecule has 1 saturated heterocycles. The normalized spacial score (nSPS) is 17.7. The number of hydrogen-bond acceptors (Lipinski definition) is 6. The van der Waals surface area contributed by atoms with E-state index in [-0.39, 0.29) is 10.9 Å². The zero-order valence-electron chi connectivity index (χ0n) is 15.6. The summed E-state index contributed by atoms with van der Waals surface area (Å²) in [6.45, 7) is 3.93. The second-order valence-corrected chi connectivity index (χ2v) is 8.35. The van der Waals surface area contributed by atoms with E-state index in [1.54, 1.807) is 12.3 Å². The van der Waals surface area contributed by atoms with Gasteiger partial charge in [0.05, 0.1) is 11.2 Å². The minimum absolute atomic E-state index is 0.144. The Balaban J connectivity index is 1.78. The van der Waals surface area contributed by atoms with Crippen LogP contribution in [0.15, 0.2) is 35.5 Å². The van der Waals surface area contributed by atoms with Crippen molar-refractivity contribution in [3.8, 4) is 11.3 Å². The molecule has 1 aromatic carbocycles. The maximum atomic E-state index is 11.7. The quantitative estimate of drug-likeness (QED) is 0.485. The van der Waals surface area contributed by atoms with Gasteiger partial charge in [0.2, 0.25) is 5.95 Å². The highest BCUT2D eigenvalue weighted by molar-refractivity contribution is 7.86. The fraction of sp³-hybridized carbons (Fsp3) is 0.368. The van der Waals surface area contributed by atoms with Crippen LogP contribution < -0.4 is 10.6 Å². The Hall–Kier alpha value is -2.49. The van der Waals surface area contributed by atoms with Gasteiger partial charge in [0, 0.05) is 35.9 Å². The lowest BCUT2D eigenvalue weighted by Crippen LogP contribution is -2.38. The number of piperidine rings is 1. The maximum absolute atomic E-state index is 11.7. The molecular formula is C19H23N5O3S. The fourth-order valence-electron chi connectivity index (χ4n) is 3.66. The molecular weight excluding hydrogens is 378 g/mol. The van der Waals surface area contributed by atoms with Crippen molar-refractivity contribution in [1.82, 2.24) is 20.3 Å². The molecule has 0 spiro atoms. The van der Waals surface area contributed by atoms with E-state index in [2.05, 4.69) is 20.6 Å². The first-order chi connectivity index (χ1) is 13.5. The molecule has 8 nitrogen and oxygen atoms in total. The van der Waals surface area contributed by atoms with E-state index >= 15 is 0 Å².